The molecule has 0 aliphatic carbocycles. The molecule has 0 saturated carbocycles. The number of fused-ring (bicyclic) bond motifs is 1. The SMILES string of the molecule is CCNC(=NCc1nnc2n1CCCCC2)NCC(Cc1ccccc1)c1ccccc1. The van der Waals surface area contributed by atoms with E-state index in [-0.39, 0.29) is 0 Å². The smallest absolute Gasteiger partial charge is 0.191 e. The van der Waals surface area contributed by atoms with E-state index in [1.807, 2.05) is 0 Å². The largest absolute Gasteiger partial charge is 0.357 e. The van der Waals surface area contributed by atoms with E-state index in [2.05, 4.69) is 93.0 Å². The summed E-state index contributed by atoms with van der Waals surface area (Å²) in [7, 11) is 0. The van der Waals surface area contributed by atoms with Gasteiger partial charge in [-0.2, -0.15) is 0 Å². The topological polar surface area (TPSA) is 67.1 Å². The van der Waals surface area contributed by atoms with Gasteiger partial charge in [0.15, 0.2) is 11.8 Å². The second kappa shape index (κ2) is 11.5. The summed E-state index contributed by atoms with van der Waals surface area (Å²) < 4.78 is 2.27. The Hall–Kier alpha value is -3.15. The van der Waals surface area contributed by atoms with Crippen LogP contribution in [0, 0.1) is 0 Å². The Balaban J connectivity index is 1.45. The summed E-state index contributed by atoms with van der Waals surface area (Å²) in [5.41, 5.74) is 2.68. The number of guanidine groups is 1. The third-order valence-corrected chi connectivity index (χ3v) is 6.02. The average molecular weight is 431 g/mol. The quantitative estimate of drug-likeness (QED) is 0.417. The van der Waals surface area contributed by atoms with Gasteiger partial charge >= 0.3 is 0 Å². The van der Waals surface area contributed by atoms with E-state index in [1.54, 1.807) is 0 Å². The first kappa shape index (κ1) is 22.1. The molecule has 0 radical (unpaired) electrons. The zero-order valence-electron chi connectivity index (χ0n) is 19.0. The highest BCUT2D eigenvalue weighted by atomic mass is 15.3. The number of benzene rings is 2. The molecule has 2 N–H and O–H groups in total. The number of nitrogens with zero attached hydrogens (tertiary/aromatic N) is 4. The fourth-order valence-corrected chi connectivity index (χ4v) is 4.31. The molecule has 0 spiro atoms. The highest BCUT2D eigenvalue weighted by Gasteiger charge is 2.16. The Kier molecular flexibility index (Phi) is 7.90. The molecule has 6 heteroatoms. The summed E-state index contributed by atoms with van der Waals surface area (Å²) >= 11 is 0. The highest BCUT2D eigenvalue weighted by Crippen LogP contribution is 2.20. The molecular weight excluding hydrogens is 396 g/mol. The van der Waals surface area contributed by atoms with Gasteiger partial charge in [0.2, 0.25) is 0 Å². The molecule has 1 aliphatic rings. The van der Waals surface area contributed by atoms with Crippen molar-refractivity contribution in [1.29, 1.82) is 0 Å². The van der Waals surface area contributed by atoms with Crippen molar-refractivity contribution in [1.82, 2.24) is 25.4 Å². The molecule has 2 heterocycles. The molecule has 1 atom stereocenters. The Morgan fingerprint density at radius 2 is 1.75 bits per heavy atom. The van der Waals surface area contributed by atoms with Crippen LogP contribution < -0.4 is 10.6 Å². The average Bonchev–Trinajstić information content (AvgIpc) is 3.06. The standard InChI is InChI=1S/C26H34N6/c1-2-27-26(29-20-25-31-30-24-16-10-5-11-17-32(24)25)28-19-23(22-14-8-4-9-15-22)18-21-12-6-3-7-13-21/h3-4,6-9,12-15,23H,2,5,10-11,16-20H2,1H3,(H2,27,28,29). The van der Waals surface area contributed by atoms with Gasteiger partial charge in [-0.05, 0) is 37.3 Å². The van der Waals surface area contributed by atoms with Crippen molar-refractivity contribution < 1.29 is 0 Å². The third-order valence-electron chi connectivity index (χ3n) is 6.02. The number of aryl methyl sites for hydroxylation is 1. The summed E-state index contributed by atoms with van der Waals surface area (Å²) in [6, 6.07) is 21.4. The van der Waals surface area contributed by atoms with Crippen molar-refractivity contribution in [3.05, 3.63) is 83.4 Å². The Bertz CT molecular complexity index is 980. The lowest BCUT2D eigenvalue weighted by molar-refractivity contribution is 0.604. The third kappa shape index (κ3) is 5.96. The molecule has 6 nitrogen and oxygen atoms in total. The summed E-state index contributed by atoms with van der Waals surface area (Å²) in [5, 5.41) is 15.8. The van der Waals surface area contributed by atoms with Crippen molar-refractivity contribution in [2.24, 2.45) is 4.99 Å². The van der Waals surface area contributed by atoms with E-state index in [0.717, 1.165) is 50.1 Å². The predicted molar refractivity (Wildman–Crippen MR) is 130 cm³/mol. The summed E-state index contributed by atoms with van der Waals surface area (Å²) in [6.45, 7) is 5.27. The van der Waals surface area contributed by atoms with Crippen LogP contribution in [0.4, 0.5) is 0 Å². The monoisotopic (exact) mass is 430 g/mol. The number of hydrogen-bond acceptors (Lipinski definition) is 3. The predicted octanol–water partition coefficient (Wildman–Crippen LogP) is 4.09. The number of rotatable bonds is 8. The van der Waals surface area contributed by atoms with Gasteiger partial charge in [0.25, 0.3) is 0 Å². The zero-order chi connectivity index (χ0) is 22.0. The fraction of sp³-hybridized carbons (Fsp3) is 0.423. The molecule has 3 aromatic rings. The fourth-order valence-electron chi connectivity index (χ4n) is 4.31. The lowest BCUT2D eigenvalue weighted by atomic mass is 9.92. The Morgan fingerprint density at radius 3 is 2.53 bits per heavy atom. The van der Waals surface area contributed by atoms with E-state index >= 15 is 0 Å². The van der Waals surface area contributed by atoms with Crippen LogP contribution in [0.5, 0.6) is 0 Å². The molecule has 1 aliphatic heterocycles. The number of hydrogen-bond donors (Lipinski definition) is 2. The van der Waals surface area contributed by atoms with E-state index in [4.69, 9.17) is 4.99 Å². The van der Waals surface area contributed by atoms with Crippen molar-refractivity contribution in [2.75, 3.05) is 13.1 Å². The first-order chi connectivity index (χ1) is 15.8. The van der Waals surface area contributed by atoms with Gasteiger partial charge in [-0.15, -0.1) is 10.2 Å². The van der Waals surface area contributed by atoms with Crippen LogP contribution in [0.25, 0.3) is 0 Å². The summed E-state index contributed by atoms with van der Waals surface area (Å²) in [4.78, 5) is 4.84. The highest BCUT2D eigenvalue weighted by molar-refractivity contribution is 5.79. The lowest BCUT2D eigenvalue weighted by Crippen LogP contribution is -2.39. The number of aromatic nitrogens is 3. The van der Waals surface area contributed by atoms with Crippen LogP contribution >= 0.6 is 0 Å². The van der Waals surface area contributed by atoms with Gasteiger partial charge in [-0.3, -0.25) is 0 Å². The van der Waals surface area contributed by atoms with Gasteiger partial charge in [0.1, 0.15) is 12.4 Å². The first-order valence-electron chi connectivity index (χ1n) is 11.9. The van der Waals surface area contributed by atoms with Gasteiger partial charge in [0.05, 0.1) is 0 Å². The van der Waals surface area contributed by atoms with Gasteiger partial charge in [-0.25, -0.2) is 4.99 Å². The molecule has 0 amide bonds. The lowest BCUT2D eigenvalue weighted by Gasteiger charge is -2.20. The molecule has 1 aromatic heterocycles. The normalized spacial score (nSPS) is 15.0. The van der Waals surface area contributed by atoms with Crippen molar-refractivity contribution in [2.45, 2.75) is 58.0 Å². The molecule has 0 fully saturated rings. The maximum Gasteiger partial charge on any atom is 0.191 e. The van der Waals surface area contributed by atoms with Gasteiger partial charge in [-0.1, -0.05) is 67.1 Å². The van der Waals surface area contributed by atoms with Crippen LogP contribution in [0.3, 0.4) is 0 Å². The molecule has 168 valence electrons. The van der Waals surface area contributed by atoms with Crippen LogP contribution in [-0.4, -0.2) is 33.8 Å². The van der Waals surface area contributed by atoms with E-state index < -0.39 is 0 Å². The molecule has 0 saturated heterocycles. The zero-order valence-corrected chi connectivity index (χ0v) is 19.0. The number of nitrogens with one attached hydrogen (secondary N) is 2. The van der Waals surface area contributed by atoms with Gasteiger partial charge < -0.3 is 15.2 Å². The minimum atomic E-state index is 0.354. The molecule has 4 rings (SSSR count). The molecule has 0 bridgehead atoms. The molecular formula is C26H34N6. The van der Waals surface area contributed by atoms with Crippen LogP contribution in [0.1, 0.15) is 54.9 Å². The van der Waals surface area contributed by atoms with Crippen molar-refractivity contribution >= 4 is 5.96 Å². The number of aliphatic imine (C=N–C) groups is 1. The second-order valence-electron chi connectivity index (χ2n) is 8.37. The van der Waals surface area contributed by atoms with E-state index in [9.17, 15) is 0 Å². The Morgan fingerprint density at radius 1 is 0.969 bits per heavy atom. The summed E-state index contributed by atoms with van der Waals surface area (Å²) in [5.74, 6) is 3.25. The van der Waals surface area contributed by atoms with Crippen molar-refractivity contribution in [3.8, 4) is 0 Å². The van der Waals surface area contributed by atoms with Crippen molar-refractivity contribution in [3.63, 3.8) is 0 Å². The molecule has 1 unspecified atom stereocenters. The van der Waals surface area contributed by atoms with Gasteiger partial charge in [0, 0.05) is 32.0 Å². The van der Waals surface area contributed by atoms with Crippen LogP contribution in [0.15, 0.2) is 65.7 Å². The molecule has 2 aromatic carbocycles. The minimum Gasteiger partial charge on any atom is -0.357 e. The minimum absolute atomic E-state index is 0.354. The van der Waals surface area contributed by atoms with E-state index in [1.165, 1.54) is 30.4 Å². The Labute approximate surface area is 191 Å². The maximum absolute atomic E-state index is 4.84. The van der Waals surface area contributed by atoms with Crippen LogP contribution in [0.2, 0.25) is 0 Å². The van der Waals surface area contributed by atoms with E-state index in [0.29, 0.717) is 12.5 Å². The first-order valence-corrected chi connectivity index (χ1v) is 11.9. The molecule has 32 heavy (non-hydrogen) atoms. The maximum atomic E-state index is 4.84. The second-order valence-corrected chi connectivity index (χ2v) is 8.37. The summed E-state index contributed by atoms with van der Waals surface area (Å²) in [6.07, 6.45) is 5.66. The van der Waals surface area contributed by atoms with Crippen LogP contribution in [-0.2, 0) is 25.9 Å².